The number of para-hydroxylation sites is 1. The number of benzene rings is 1. The Morgan fingerprint density at radius 2 is 2.14 bits per heavy atom. The first kappa shape index (κ1) is 11.1. The van der Waals surface area contributed by atoms with Crippen LogP contribution < -0.4 is 4.74 Å². The molecular formula is C12H15ClO. The van der Waals surface area contributed by atoms with Crippen molar-refractivity contribution in [2.45, 2.75) is 19.3 Å². The normalized spacial score (nSPS) is 9.86. The maximum absolute atomic E-state index is 5.69. The standard InChI is InChI=1S/C12H15ClO/c1-10(13)6-5-8-11-7-3-4-9-12(11)14-2/h3-4,7,9H,1,5-6,8H2,2H3. The summed E-state index contributed by atoms with van der Waals surface area (Å²) < 4.78 is 5.25. The van der Waals surface area contributed by atoms with E-state index in [2.05, 4.69) is 12.6 Å². The number of aryl methyl sites for hydroxylation is 1. The summed E-state index contributed by atoms with van der Waals surface area (Å²) in [6, 6.07) is 8.05. The number of allylic oxidation sites excluding steroid dienone is 1. The molecule has 76 valence electrons. The van der Waals surface area contributed by atoms with E-state index >= 15 is 0 Å². The van der Waals surface area contributed by atoms with Gasteiger partial charge in [-0.3, -0.25) is 0 Å². The molecule has 1 rings (SSSR count). The van der Waals surface area contributed by atoms with Crippen LogP contribution >= 0.6 is 11.6 Å². The molecule has 0 atom stereocenters. The maximum atomic E-state index is 5.69. The van der Waals surface area contributed by atoms with E-state index in [4.69, 9.17) is 16.3 Å². The Morgan fingerprint density at radius 3 is 2.79 bits per heavy atom. The van der Waals surface area contributed by atoms with Crippen molar-refractivity contribution in [3.8, 4) is 5.75 Å². The largest absolute Gasteiger partial charge is 0.496 e. The van der Waals surface area contributed by atoms with E-state index < -0.39 is 0 Å². The minimum Gasteiger partial charge on any atom is -0.496 e. The number of methoxy groups -OCH3 is 1. The minimum atomic E-state index is 0.722. The topological polar surface area (TPSA) is 9.23 Å². The lowest BCUT2D eigenvalue weighted by atomic mass is 10.1. The average molecular weight is 211 g/mol. The Bertz CT molecular complexity index is 307. The number of halogens is 1. The second-order valence-corrected chi connectivity index (χ2v) is 3.72. The van der Waals surface area contributed by atoms with Crippen molar-refractivity contribution in [1.82, 2.24) is 0 Å². The summed E-state index contributed by atoms with van der Waals surface area (Å²) in [7, 11) is 1.69. The van der Waals surface area contributed by atoms with Crippen LogP contribution in [0.25, 0.3) is 0 Å². The van der Waals surface area contributed by atoms with Gasteiger partial charge in [0.05, 0.1) is 7.11 Å². The van der Waals surface area contributed by atoms with Crippen LogP contribution in [0.3, 0.4) is 0 Å². The summed E-state index contributed by atoms with van der Waals surface area (Å²) in [6.45, 7) is 3.66. The lowest BCUT2D eigenvalue weighted by Crippen LogP contribution is -1.91. The highest BCUT2D eigenvalue weighted by Crippen LogP contribution is 2.20. The molecule has 0 unspecified atom stereocenters. The van der Waals surface area contributed by atoms with Gasteiger partial charge in [0.25, 0.3) is 0 Å². The Kier molecular flexibility index (Phi) is 4.54. The molecule has 0 heterocycles. The zero-order chi connectivity index (χ0) is 10.4. The van der Waals surface area contributed by atoms with Crippen molar-refractivity contribution in [3.63, 3.8) is 0 Å². The molecule has 0 aliphatic carbocycles. The Labute approximate surface area is 90.3 Å². The van der Waals surface area contributed by atoms with Crippen molar-refractivity contribution in [2.24, 2.45) is 0 Å². The molecule has 0 aliphatic rings. The highest BCUT2D eigenvalue weighted by molar-refractivity contribution is 6.29. The molecule has 0 bridgehead atoms. The van der Waals surface area contributed by atoms with Gasteiger partial charge in [0.2, 0.25) is 0 Å². The maximum Gasteiger partial charge on any atom is 0.122 e. The SMILES string of the molecule is C=C(Cl)CCCc1ccccc1OC. The predicted molar refractivity (Wildman–Crippen MR) is 60.9 cm³/mol. The molecule has 0 amide bonds. The number of hydrogen-bond donors (Lipinski definition) is 0. The Morgan fingerprint density at radius 1 is 1.43 bits per heavy atom. The zero-order valence-corrected chi connectivity index (χ0v) is 9.18. The van der Waals surface area contributed by atoms with Gasteiger partial charge in [-0.1, -0.05) is 36.4 Å². The van der Waals surface area contributed by atoms with Crippen LogP contribution in [-0.4, -0.2) is 7.11 Å². The van der Waals surface area contributed by atoms with E-state index in [0.717, 1.165) is 30.0 Å². The summed E-state index contributed by atoms with van der Waals surface area (Å²) in [5.41, 5.74) is 1.23. The summed E-state index contributed by atoms with van der Waals surface area (Å²) in [5, 5.41) is 0.722. The lowest BCUT2D eigenvalue weighted by Gasteiger charge is -2.07. The third kappa shape index (κ3) is 3.43. The second kappa shape index (κ2) is 5.71. The third-order valence-corrected chi connectivity index (χ3v) is 2.28. The second-order valence-electron chi connectivity index (χ2n) is 3.18. The summed E-state index contributed by atoms with van der Waals surface area (Å²) in [6.07, 6.45) is 2.86. The first-order valence-corrected chi connectivity index (χ1v) is 5.07. The molecule has 1 aromatic carbocycles. The van der Waals surface area contributed by atoms with E-state index in [1.807, 2.05) is 18.2 Å². The number of rotatable bonds is 5. The van der Waals surface area contributed by atoms with Crippen LogP contribution in [-0.2, 0) is 6.42 Å². The quantitative estimate of drug-likeness (QED) is 0.719. The third-order valence-electron chi connectivity index (χ3n) is 2.09. The Balaban J connectivity index is 2.53. The van der Waals surface area contributed by atoms with Crippen molar-refractivity contribution in [3.05, 3.63) is 41.4 Å². The van der Waals surface area contributed by atoms with Gasteiger partial charge in [0, 0.05) is 5.03 Å². The van der Waals surface area contributed by atoms with Gasteiger partial charge in [-0.25, -0.2) is 0 Å². The van der Waals surface area contributed by atoms with Gasteiger partial charge in [-0.15, -0.1) is 0 Å². The molecule has 1 nitrogen and oxygen atoms in total. The molecule has 1 aromatic rings. The summed E-state index contributed by atoms with van der Waals surface area (Å²) >= 11 is 5.69. The summed E-state index contributed by atoms with van der Waals surface area (Å²) in [4.78, 5) is 0. The molecule has 0 aromatic heterocycles. The van der Waals surface area contributed by atoms with Crippen molar-refractivity contribution in [1.29, 1.82) is 0 Å². The van der Waals surface area contributed by atoms with Crippen molar-refractivity contribution in [2.75, 3.05) is 7.11 Å². The molecule has 0 N–H and O–H groups in total. The first-order chi connectivity index (χ1) is 6.74. The van der Waals surface area contributed by atoms with Crippen LogP contribution in [0, 0.1) is 0 Å². The van der Waals surface area contributed by atoms with E-state index in [1.165, 1.54) is 5.56 Å². The van der Waals surface area contributed by atoms with Crippen LogP contribution in [0.1, 0.15) is 18.4 Å². The van der Waals surface area contributed by atoms with Gasteiger partial charge in [-0.05, 0) is 30.9 Å². The molecule has 0 aliphatic heterocycles. The van der Waals surface area contributed by atoms with Gasteiger partial charge in [-0.2, -0.15) is 0 Å². The lowest BCUT2D eigenvalue weighted by molar-refractivity contribution is 0.409. The van der Waals surface area contributed by atoms with Crippen LogP contribution in [0.5, 0.6) is 5.75 Å². The molecule has 0 saturated carbocycles. The fourth-order valence-electron chi connectivity index (χ4n) is 1.38. The van der Waals surface area contributed by atoms with Crippen molar-refractivity contribution >= 4 is 11.6 Å². The molecule has 2 heteroatoms. The molecule has 0 saturated heterocycles. The number of ether oxygens (including phenoxy) is 1. The predicted octanol–water partition coefficient (Wildman–Crippen LogP) is 3.77. The van der Waals surface area contributed by atoms with E-state index in [1.54, 1.807) is 7.11 Å². The molecule has 0 radical (unpaired) electrons. The first-order valence-electron chi connectivity index (χ1n) is 4.69. The zero-order valence-electron chi connectivity index (χ0n) is 8.42. The van der Waals surface area contributed by atoms with Gasteiger partial charge < -0.3 is 4.74 Å². The van der Waals surface area contributed by atoms with Crippen LogP contribution in [0.15, 0.2) is 35.9 Å². The van der Waals surface area contributed by atoms with Gasteiger partial charge in [0.1, 0.15) is 5.75 Å². The Hall–Kier alpha value is -0.950. The summed E-state index contributed by atoms with van der Waals surface area (Å²) in [5.74, 6) is 0.952. The van der Waals surface area contributed by atoms with E-state index in [-0.39, 0.29) is 0 Å². The fourth-order valence-corrected chi connectivity index (χ4v) is 1.51. The van der Waals surface area contributed by atoms with Crippen molar-refractivity contribution < 1.29 is 4.74 Å². The smallest absolute Gasteiger partial charge is 0.122 e. The molecule has 14 heavy (non-hydrogen) atoms. The highest BCUT2D eigenvalue weighted by Gasteiger charge is 2.00. The highest BCUT2D eigenvalue weighted by atomic mass is 35.5. The molecule has 0 spiro atoms. The van der Waals surface area contributed by atoms with Crippen LogP contribution in [0.4, 0.5) is 0 Å². The molecule has 0 fully saturated rings. The number of hydrogen-bond acceptors (Lipinski definition) is 1. The molecular weight excluding hydrogens is 196 g/mol. The van der Waals surface area contributed by atoms with E-state index in [9.17, 15) is 0 Å². The van der Waals surface area contributed by atoms with Gasteiger partial charge in [0.15, 0.2) is 0 Å². The average Bonchev–Trinajstić information content (AvgIpc) is 2.18. The van der Waals surface area contributed by atoms with E-state index in [0.29, 0.717) is 0 Å². The minimum absolute atomic E-state index is 0.722. The van der Waals surface area contributed by atoms with Gasteiger partial charge >= 0.3 is 0 Å². The van der Waals surface area contributed by atoms with Crippen LogP contribution in [0.2, 0.25) is 0 Å². The monoisotopic (exact) mass is 210 g/mol. The fraction of sp³-hybridized carbons (Fsp3) is 0.333.